The molecule has 0 aliphatic heterocycles. The molecule has 2 atom stereocenters. The number of hydrogen-bond acceptors (Lipinski definition) is 2. The molecular formula is C9H8ClNO2. The highest BCUT2D eigenvalue weighted by molar-refractivity contribution is 6.23. The van der Waals surface area contributed by atoms with Crippen molar-refractivity contribution in [2.45, 2.75) is 17.7 Å². The van der Waals surface area contributed by atoms with Crippen molar-refractivity contribution in [1.82, 2.24) is 0 Å². The molecule has 2 rings (SSSR count). The zero-order valence-electron chi connectivity index (χ0n) is 6.81. The topological polar surface area (TPSA) is 43.1 Å². The summed E-state index contributed by atoms with van der Waals surface area (Å²) in [6, 6.07) is 6.79. The van der Waals surface area contributed by atoms with Gasteiger partial charge in [-0.2, -0.15) is 0 Å². The summed E-state index contributed by atoms with van der Waals surface area (Å²) >= 11 is 5.84. The first kappa shape index (κ1) is 8.51. The van der Waals surface area contributed by atoms with Crippen molar-refractivity contribution < 1.29 is 4.92 Å². The molecule has 0 spiro atoms. The highest BCUT2D eigenvalue weighted by atomic mass is 35.5. The molecule has 0 radical (unpaired) electrons. The van der Waals surface area contributed by atoms with E-state index in [1.807, 2.05) is 6.07 Å². The normalized spacial score (nSPS) is 25.6. The van der Waals surface area contributed by atoms with Gasteiger partial charge >= 0.3 is 0 Å². The fourth-order valence-corrected chi connectivity index (χ4v) is 1.78. The van der Waals surface area contributed by atoms with E-state index in [2.05, 4.69) is 0 Å². The van der Waals surface area contributed by atoms with Gasteiger partial charge in [-0.15, -0.1) is 11.6 Å². The third-order valence-electron chi connectivity index (χ3n) is 2.25. The van der Waals surface area contributed by atoms with E-state index in [-0.39, 0.29) is 21.9 Å². The zero-order valence-corrected chi connectivity index (χ0v) is 7.57. The van der Waals surface area contributed by atoms with Crippen molar-refractivity contribution in [1.29, 1.82) is 0 Å². The molecule has 0 aromatic heterocycles. The SMILES string of the molecule is O=[N+]([O-])c1ccccc1[C@H]1C[C@H]1Cl. The molecule has 0 amide bonds. The van der Waals surface area contributed by atoms with E-state index < -0.39 is 0 Å². The molecule has 1 aliphatic rings. The molecule has 1 aromatic carbocycles. The number of rotatable bonds is 2. The average Bonchev–Trinajstić information content (AvgIpc) is 2.82. The smallest absolute Gasteiger partial charge is 0.258 e. The Bertz CT molecular complexity index is 353. The molecule has 1 aliphatic carbocycles. The Balaban J connectivity index is 2.38. The van der Waals surface area contributed by atoms with Crippen LogP contribution >= 0.6 is 11.6 Å². The van der Waals surface area contributed by atoms with Crippen LogP contribution in [-0.2, 0) is 0 Å². The number of alkyl halides is 1. The van der Waals surface area contributed by atoms with Gasteiger partial charge in [-0.25, -0.2) is 0 Å². The third-order valence-corrected chi connectivity index (χ3v) is 2.73. The fraction of sp³-hybridized carbons (Fsp3) is 0.333. The van der Waals surface area contributed by atoms with Crippen LogP contribution in [0.5, 0.6) is 0 Å². The van der Waals surface area contributed by atoms with Crippen LogP contribution in [0.4, 0.5) is 5.69 Å². The van der Waals surface area contributed by atoms with Crippen molar-refractivity contribution in [2.24, 2.45) is 0 Å². The van der Waals surface area contributed by atoms with Crippen LogP contribution in [0, 0.1) is 10.1 Å². The summed E-state index contributed by atoms with van der Waals surface area (Å²) in [4.78, 5) is 10.3. The van der Waals surface area contributed by atoms with E-state index in [9.17, 15) is 10.1 Å². The molecule has 0 bridgehead atoms. The maximum atomic E-state index is 10.6. The van der Waals surface area contributed by atoms with Crippen molar-refractivity contribution in [3.8, 4) is 0 Å². The lowest BCUT2D eigenvalue weighted by Crippen LogP contribution is -1.94. The molecule has 13 heavy (non-hydrogen) atoms. The maximum Gasteiger partial charge on any atom is 0.272 e. The number of para-hydroxylation sites is 1. The van der Waals surface area contributed by atoms with Gasteiger partial charge in [0.15, 0.2) is 0 Å². The van der Waals surface area contributed by atoms with Crippen LogP contribution in [0.25, 0.3) is 0 Å². The van der Waals surface area contributed by atoms with Gasteiger partial charge in [0.25, 0.3) is 5.69 Å². The maximum absolute atomic E-state index is 10.6. The number of nitro benzene ring substituents is 1. The lowest BCUT2D eigenvalue weighted by molar-refractivity contribution is -0.385. The van der Waals surface area contributed by atoms with Crippen molar-refractivity contribution >= 4 is 17.3 Å². The van der Waals surface area contributed by atoms with Gasteiger partial charge in [-0.3, -0.25) is 10.1 Å². The van der Waals surface area contributed by atoms with Crippen LogP contribution in [0.3, 0.4) is 0 Å². The molecule has 0 heterocycles. The van der Waals surface area contributed by atoms with Gasteiger partial charge in [-0.1, -0.05) is 18.2 Å². The van der Waals surface area contributed by atoms with Crippen LogP contribution in [0.15, 0.2) is 24.3 Å². The van der Waals surface area contributed by atoms with Crippen molar-refractivity contribution in [3.63, 3.8) is 0 Å². The number of halogens is 1. The Morgan fingerprint density at radius 3 is 2.62 bits per heavy atom. The number of benzene rings is 1. The molecule has 0 N–H and O–H groups in total. The molecule has 68 valence electrons. The van der Waals surface area contributed by atoms with Crippen LogP contribution in [-0.4, -0.2) is 10.3 Å². The average molecular weight is 198 g/mol. The van der Waals surface area contributed by atoms with Crippen molar-refractivity contribution in [2.75, 3.05) is 0 Å². The van der Waals surface area contributed by atoms with E-state index in [0.29, 0.717) is 0 Å². The largest absolute Gasteiger partial charge is 0.272 e. The first-order chi connectivity index (χ1) is 6.20. The van der Waals surface area contributed by atoms with E-state index in [1.165, 1.54) is 6.07 Å². The summed E-state index contributed by atoms with van der Waals surface area (Å²) < 4.78 is 0. The van der Waals surface area contributed by atoms with Gasteiger partial charge in [0.05, 0.1) is 4.92 Å². The second kappa shape index (κ2) is 3.00. The lowest BCUT2D eigenvalue weighted by atomic mass is 10.1. The van der Waals surface area contributed by atoms with Crippen LogP contribution < -0.4 is 0 Å². The number of nitrogens with zero attached hydrogens (tertiary/aromatic N) is 1. The van der Waals surface area contributed by atoms with Gasteiger partial charge < -0.3 is 0 Å². The Kier molecular flexibility index (Phi) is 1.96. The fourth-order valence-electron chi connectivity index (χ4n) is 1.45. The predicted octanol–water partition coefficient (Wildman–Crippen LogP) is 2.69. The van der Waals surface area contributed by atoms with Gasteiger partial charge in [0.1, 0.15) is 0 Å². The van der Waals surface area contributed by atoms with Gasteiger partial charge in [0.2, 0.25) is 0 Å². The first-order valence-electron chi connectivity index (χ1n) is 4.07. The summed E-state index contributed by atoms with van der Waals surface area (Å²) in [6.45, 7) is 0. The Morgan fingerprint density at radius 1 is 1.46 bits per heavy atom. The Morgan fingerprint density at radius 2 is 2.08 bits per heavy atom. The molecule has 4 heteroatoms. The van der Waals surface area contributed by atoms with Crippen LogP contribution in [0.2, 0.25) is 0 Å². The highest BCUT2D eigenvalue weighted by Gasteiger charge is 2.40. The summed E-state index contributed by atoms with van der Waals surface area (Å²) in [5.41, 5.74) is 0.961. The van der Waals surface area contributed by atoms with Gasteiger partial charge in [-0.05, 0) is 6.42 Å². The minimum absolute atomic E-state index is 0.0844. The molecular weight excluding hydrogens is 190 g/mol. The third kappa shape index (κ3) is 1.52. The lowest BCUT2D eigenvalue weighted by Gasteiger charge is -1.98. The minimum atomic E-state index is -0.350. The second-order valence-electron chi connectivity index (χ2n) is 3.17. The highest BCUT2D eigenvalue weighted by Crippen LogP contribution is 2.47. The predicted molar refractivity (Wildman–Crippen MR) is 50.1 cm³/mol. The molecule has 0 unspecified atom stereocenters. The number of nitro groups is 1. The monoisotopic (exact) mass is 197 g/mol. The van der Waals surface area contributed by atoms with Crippen LogP contribution in [0.1, 0.15) is 17.9 Å². The molecule has 1 aromatic rings. The zero-order chi connectivity index (χ0) is 9.42. The number of hydrogen-bond donors (Lipinski definition) is 0. The van der Waals surface area contributed by atoms with E-state index in [0.717, 1.165) is 12.0 Å². The summed E-state index contributed by atoms with van der Waals surface area (Å²) in [6.07, 6.45) is 0.854. The summed E-state index contributed by atoms with van der Waals surface area (Å²) in [5, 5.41) is 10.7. The van der Waals surface area contributed by atoms with E-state index >= 15 is 0 Å². The van der Waals surface area contributed by atoms with Gasteiger partial charge in [0, 0.05) is 22.9 Å². The molecule has 0 saturated heterocycles. The molecule has 1 fully saturated rings. The standard InChI is InChI=1S/C9H8ClNO2/c10-8-5-7(8)6-3-1-2-4-9(6)11(12)13/h1-4,7-8H,5H2/t7-,8-/m1/s1. The molecule has 1 saturated carbocycles. The van der Waals surface area contributed by atoms with E-state index in [4.69, 9.17) is 11.6 Å². The molecule has 3 nitrogen and oxygen atoms in total. The summed E-state index contributed by atoms with van der Waals surface area (Å²) in [5.74, 6) is 0.184. The quantitative estimate of drug-likeness (QED) is 0.416. The second-order valence-corrected chi connectivity index (χ2v) is 3.73. The minimum Gasteiger partial charge on any atom is -0.258 e. The van der Waals surface area contributed by atoms with E-state index in [1.54, 1.807) is 12.1 Å². The Labute approximate surface area is 80.5 Å². The first-order valence-corrected chi connectivity index (χ1v) is 4.51. The summed E-state index contributed by atoms with van der Waals surface area (Å²) in [7, 11) is 0. The Hall–Kier alpha value is -1.09. The van der Waals surface area contributed by atoms with Crippen molar-refractivity contribution in [3.05, 3.63) is 39.9 Å².